The van der Waals surface area contributed by atoms with Crippen molar-refractivity contribution in [1.82, 2.24) is 0 Å². The van der Waals surface area contributed by atoms with Crippen molar-refractivity contribution in [1.29, 1.82) is 0 Å². The number of nitro benzene ring substituents is 1. The monoisotopic (exact) mass is 227 g/mol. The van der Waals surface area contributed by atoms with Gasteiger partial charge in [0.1, 0.15) is 11.3 Å². The van der Waals surface area contributed by atoms with E-state index in [1.807, 2.05) is 0 Å². The summed E-state index contributed by atoms with van der Waals surface area (Å²) >= 11 is 0. The number of methoxy groups -OCH3 is 2. The lowest BCUT2D eigenvalue weighted by Crippen LogP contribution is -2.01. The molecule has 0 aromatic heterocycles. The Morgan fingerprint density at radius 1 is 1.44 bits per heavy atom. The summed E-state index contributed by atoms with van der Waals surface area (Å²) in [6.07, 6.45) is 0.278. The standard InChI is InChI=1S/C9H9NO6/c1-15-7-3-6(12)5(4-11)9(16-2)8(7)10(13)14/h3-4,12H,1-2H3. The van der Waals surface area contributed by atoms with Gasteiger partial charge in [0.05, 0.1) is 19.1 Å². The Balaban J connectivity index is 3.65. The Kier molecular flexibility index (Phi) is 3.29. The van der Waals surface area contributed by atoms with E-state index in [-0.39, 0.29) is 23.3 Å². The van der Waals surface area contributed by atoms with E-state index in [1.54, 1.807) is 0 Å². The highest BCUT2D eigenvalue weighted by atomic mass is 16.6. The summed E-state index contributed by atoms with van der Waals surface area (Å²) in [7, 11) is 2.37. The molecule has 0 aliphatic carbocycles. The molecule has 7 heteroatoms. The lowest BCUT2D eigenvalue weighted by Gasteiger charge is -2.09. The molecule has 0 atom stereocenters. The van der Waals surface area contributed by atoms with Crippen molar-refractivity contribution in [2.45, 2.75) is 0 Å². The van der Waals surface area contributed by atoms with Crippen LogP contribution in [0.4, 0.5) is 5.69 Å². The summed E-state index contributed by atoms with van der Waals surface area (Å²) in [6, 6.07) is 0.990. The number of ether oxygens (including phenoxy) is 2. The van der Waals surface area contributed by atoms with Crippen LogP contribution in [0.5, 0.6) is 17.2 Å². The molecule has 1 rings (SSSR count). The SMILES string of the molecule is COc1cc(O)c(C=O)c(OC)c1[N+](=O)[O-]. The number of hydrogen-bond donors (Lipinski definition) is 1. The van der Waals surface area contributed by atoms with E-state index in [0.29, 0.717) is 0 Å². The van der Waals surface area contributed by atoms with E-state index in [2.05, 4.69) is 0 Å². The Hall–Kier alpha value is -2.31. The number of carbonyl (C=O) groups is 1. The molecule has 0 fully saturated rings. The maximum absolute atomic E-state index is 10.8. The molecule has 0 unspecified atom stereocenters. The maximum Gasteiger partial charge on any atom is 0.353 e. The molecule has 16 heavy (non-hydrogen) atoms. The first-order valence-corrected chi connectivity index (χ1v) is 4.14. The molecular weight excluding hydrogens is 218 g/mol. The number of rotatable bonds is 4. The minimum atomic E-state index is -0.746. The minimum absolute atomic E-state index is 0.176. The zero-order valence-electron chi connectivity index (χ0n) is 8.59. The van der Waals surface area contributed by atoms with E-state index in [4.69, 9.17) is 9.47 Å². The van der Waals surface area contributed by atoms with E-state index >= 15 is 0 Å². The molecular formula is C9H9NO6. The van der Waals surface area contributed by atoms with Crippen LogP contribution in [0.1, 0.15) is 10.4 Å². The summed E-state index contributed by atoms with van der Waals surface area (Å²) in [5.41, 5.74) is -0.778. The smallest absolute Gasteiger partial charge is 0.353 e. The van der Waals surface area contributed by atoms with Crippen molar-refractivity contribution in [2.24, 2.45) is 0 Å². The molecule has 0 bridgehead atoms. The van der Waals surface area contributed by atoms with Gasteiger partial charge in [0.25, 0.3) is 0 Å². The predicted molar refractivity (Wildman–Crippen MR) is 53.3 cm³/mol. The molecule has 0 saturated carbocycles. The van der Waals surface area contributed by atoms with Crippen LogP contribution in [0, 0.1) is 10.1 Å². The molecule has 0 radical (unpaired) electrons. The number of phenols is 1. The van der Waals surface area contributed by atoms with E-state index in [9.17, 15) is 20.0 Å². The third-order valence-electron chi connectivity index (χ3n) is 1.96. The summed E-state index contributed by atoms with van der Waals surface area (Å²) in [4.78, 5) is 20.7. The largest absolute Gasteiger partial charge is 0.507 e. The van der Waals surface area contributed by atoms with Gasteiger partial charge in [-0.1, -0.05) is 0 Å². The Morgan fingerprint density at radius 2 is 2.06 bits per heavy atom. The van der Waals surface area contributed by atoms with E-state index in [1.165, 1.54) is 7.11 Å². The number of nitrogens with zero attached hydrogens (tertiary/aromatic N) is 1. The van der Waals surface area contributed by atoms with Gasteiger partial charge in [0.15, 0.2) is 6.29 Å². The molecule has 0 aliphatic heterocycles. The highest BCUT2D eigenvalue weighted by Gasteiger charge is 2.28. The zero-order chi connectivity index (χ0) is 12.3. The van der Waals surface area contributed by atoms with Crippen LogP contribution in [-0.4, -0.2) is 30.5 Å². The highest BCUT2D eigenvalue weighted by Crippen LogP contribution is 2.43. The van der Waals surface area contributed by atoms with Gasteiger partial charge in [-0.15, -0.1) is 0 Å². The number of nitro groups is 1. The normalized spacial score (nSPS) is 9.62. The number of carbonyl (C=O) groups excluding carboxylic acids is 1. The fourth-order valence-corrected chi connectivity index (χ4v) is 1.28. The second kappa shape index (κ2) is 4.47. The van der Waals surface area contributed by atoms with Crippen molar-refractivity contribution in [3.8, 4) is 17.2 Å². The van der Waals surface area contributed by atoms with Gasteiger partial charge in [-0.25, -0.2) is 0 Å². The average Bonchev–Trinajstić information content (AvgIpc) is 2.26. The van der Waals surface area contributed by atoms with Gasteiger partial charge in [0, 0.05) is 6.07 Å². The predicted octanol–water partition coefficient (Wildman–Crippen LogP) is 1.13. The third-order valence-corrected chi connectivity index (χ3v) is 1.96. The summed E-state index contributed by atoms with van der Waals surface area (Å²) < 4.78 is 9.47. The molecule has 0 spiro atoms. The van der Waals surface area contributed by atoms with Gasteiger partial charge in [-0.05, 0) is 0 Å². The summed E-state index contributed by atoms with van der Waals surface area (Å²) in [6.45, 7) is 0. The zero-order valence-corrected chi connectivity index (χ0v) is 8.59. The molecule has 1 aromatic carbocycles. The molecule has 0 amide bonds. The second-order valence-electron chi connectivity index (χ2n) is 2.77. The Bertz CT molecular complexity index is 442. The lowest BCUT2D eigenvalue weighted by atomic mass is 10.1. The van der Waals surface area contributed by atoms with Crippen molar-refractivity contribution in [3.05, 3.63) is 21.7 Å². The fourth-order valence-electron chi connectivity index (χ4n) is 1.28. The van der Waals surface area contributed by atoms with Gasteiger partial charge < -0.3 is 14.6 Å². The molecule has 7 nitrogen and oxygen atoms in total. The number of hydrogen-bond acceptors (Lipinski definition) is 6. The van der Waals surface area contributed by atoms with Crippen molar-refractivity contribution < 1.29 is 24.3 Å². The fraction of sp³-hybridized carbons (Fsp3) is 0.222. The topological polar surface area (TPSA) is 98.9 Å². The summed E-state index contributed by atoms with van der Waals surface area (Å²) in [5, 5.41) is 20.2. The molecule has 1 aromatic rings. The average molecular weight is 227 g/mol. The number of aldehydes is 1. The minimum Gasteiger partial charge on any atom is -0.507 e. The van der Waals surface area contributed by atoms with Gasteiger partial charge in [-0.3, -0.25) is 14.9 Å². The van der Waals surface area contributed by atoms with Gasteiger partial charge in [-0.2, -0.15) is 0 Å². The lowest BCUT2D eigenvalue weighted by molar-refractivity contribution is -0.386. The molecule has 0 saturated heterocycles. The van der Waals surface area contributed by atoms with Crippen LogP contribution < -0.4 is 9.47 Å². The third kappa shape index (κ3) is 1.74. The number of benzene rings is 1. The molecule has 1 N–H and O–H groups in total. The van der Waals surface area contributed by atoms with Crippen LogP contribution >= 0.6 is 0 Å². The van der Waals surface area contributed by atoms with Crippen LogP contribution in [0.2, 0.25) is 0 Å². The van der Waals surface area contributed by atoms with Crippen molar-refractivity contribution in [2.75, 3.05) is 14.2 Å². The highest BCUT2D eigenvalue weighted by molar-refractivity contribution is 5.88. The van der Waals surface area contributed by atoms with Crippen LogP contribution in [-0.2, 0) is 0 Å². The van der Waals surface area contributed by atoms with Crippen molar-refractivity contribution in [3.63, 3.8) is 0 Å². The first-order valence-electron chi connectivity index (χ1n) is 4.14. The molecule has 0 aliphatic rings. The van der Waals surface area contributed by atoms with Crippen LogP contribution in [0.15, 0.2) is 6.07 Å². The van der Waals surface area contributed by atoms with Gasteiger partial charge >= 0.3 is 5.69 Å². The Morgan fingerprint density at radius 3 is 2.44 bits per heavy atom. The molecule has 0 heterocycles. The second-order valence-corrected chi connectivity index (χ2v) is 2.77. The first kappa shape index (κ1) is 11.8. The van der Waals surface area contributed by atoms with Crippen LogP contribution in [0.25, 0.3) is 0 Å². The number of phenolic OH excluding ortho intramolecular Hbond substituents is 1. The van der Waals surface area contributed by atoms with Gasteiger partial charge in [0.2, 0.25) is 11.5 Å². The van der Waals surface area contributed by atoms with E-state index < -0.39 is 16.4 Å². The quantitative estimate of drug-likeness (QED) is 0.470. The summed E-state index contributed by atoms with van der Waals surface area (Å²) in [5.74, 6) is -0.934. The Labute approximate surface area is 90.4 Å². The number of aromatic hydroxyl groups is 1. The maximum atomic E-state index is 10.8. The first-order chi connectivity index (χ1) is 7.56. The van der Waals surface area contributed by atoms with E-state index in [0.717, 1.165) is 13.2 Å². The van der Waals surface area contributed by atoms with Crippen LogP contribution in [0.3, 0.4) is 0 Å². The molecule has 86 valence electrons. The van der Waals surface area contributed by atoms with Crippen molar-refractivity contribution >= 4 is 12.0 Å².